The van der Waals surface area contributed by atoms with Crippen LogP contribution in [0.25, 0.3) is 0 Å². The highest BCUT2D eigenvalue weighted by molar-refractivity contribution is 7.90. The molecule has 6 nitrogen and oxygen atoms in total. The first-order valence-corrected chi connectivity index (χ1v) is 9.88. The van der Waals surface area contributed by atoms with Crippen molar-refractivity contribution in [1.82, 2.24) is 4.90 Å². The summed E-state index contributed by atoms with van der Waals surface area (Å²) in [6.07, 6.45) is 3.89. The van der Waals surface area contributed by atoms with E-state index in [0.29, 0.717) is 6.54 Å². The number of carboxylic acid groups (broad SMARTS) is 1. The van der Waals surface area contributed by atoms with Gasteiger partial charge in [-0.05, 0) is 30.7 Å². The van der Waals surface area contributed by atoms with Crippen LogP contribution in [-0.2, 0) is 14.6 Å². The average molecular weight is 343 g/mol. The smallest absolute Gasteiger partial charge is 0.326 e. The van der Waals surface area contributed by atoms with E-state index in [0.717, 1.165) is 36.9 Å². The summed E-state index contributed by atoms with van der Waals surface area (Å²) in [6.45, 7) is 0.451. The minimum absolute atomic E-state index is 0.0239. The molecule has 3 unspecified atom stereocenters. The maximum atomic E-state index is 12.6. The zero-order valence-corrected chi connectivity index (χ0v) is 13.7. The maximum absolute atomic E-state index is 12.6. The monoisotopic (exact) mass is 343 g/mol. The van der Waals surface area contributed by atoms with Crippen LogP contribution in [0.2, 0.25) is 0 Å². The Morgan fingerprint density at radius 1 is 1.36 bits per heavy atom. The third-order valence-corrected chi connectivity index (χ3v) is 6.78. The Labute approximate surface area is 132 Å². The number of aliphatic carboxylic acids is 1. The molecule has 8 heteroatoms. The quantitative estimate of drug-likeness (QED) is 0.897. The first kappa shape index (κ1) is 15.5. The van der Waals surface area contributed by atoms with Crippen molar-refractivity contribution < 1.29 is 23.1 Å². The van der Waals surface area contributed by atoms with Gasteiger partial charge in [-0.1, -0.05) is 6.42 Å². The summed E-state index contributed by atoms with van der Waals surface area (Å²) in [5.41, 5.74) is 0. The van der Waals surface area contributed by atoms with Crippen LogP contribution in [0.4, 0.5) is 0 Å². The van der Waals surface area contributed by atoms with Gasteiger partial charge in [0.1, 0.15) is 6.04 Å². The van der Waals surface area contributed by atoms with E-state index < -0.39 is 21.8 Å². The molecule has 1 saturated carbocycles. The van der Waals surface area contributed by atoms with Crippen LogP contribution in [-0.4, -0.2) is 49.1 Å². The van der Waals surface area contributed by atoms with Crippen molar-refractivity contribution >= 4 is 33.1 Å². The molecule has 22 heavy (non-hydrogen) atoms. The summed E-state index contributed by atoms with van der Waals surface area (Å²) >= 11 is 1.05. The van der Waals surface area contributed by atoms with Gasteiger partial charge in [-0.2, -0.15) is 0 Å². The molecule has 2 heterocycles. The minimum atomic E-state index is -3.36. The molecule has 1 aromatic heterocycles. The summed E-state index contributed by atoms with van der Waals surface area (Å²) in [6, 6.07) is 0.554. The first-order chi connectivity index (χ1) is 10.3. The molecule has 1 aliphatic carbocycles. The standard InChI is InChI=1S/C14H17NO5S2/c1-22(19,20)9-5-11(21-7-9)13(16)15-6-8-3-2-4-10(8)12(15)14(17)18/h5,7-8,10,12H,2-4,6H2,1H3,(H,17,18). The van der Waals surface area contributed by atoms with Crippen LogP contribution in [0.5, 0.6) is 0 Å². The highest BCUT2D eigenvalue weighted by Gasteiger charge is 2.49. The summed E-state index contributed by atoms with van der Waals surface area (Å²) in [5.74, 6) is -1.07. The second kappa shape index (κ2) is 5.34. The molecule has 1 amide bonds. The molecule has 2 aliphatic rings. The Kier molecular flexibility index (Phi) is 3.76. The maximum Gasteiger partial charge on any atom is 0.326 e. The van der Waals surface area contributed by atoms with Gasteiger partial charge < -0.3 is 10.0 Å². The fourth-order valence-corrected chi connectivity index (χ4v) is 5.57. The third-order valence-electron chi connectivity index (χ3n) is 4.62. The average Bonchev–Trinajstić information content (AvgIpc) is 3.11. The van der Waals surface area contributed by atoms with E-state index in [1.807, 2.05) is 0 Å². The van der Waals surface area contributed by atoms with Crippen molar-refractivity contribution in [2.24, 2.45) is 11.8 Å². The van der Waals surface area contributed by atoms with Gasteiger partial charge in [0.05, 0.1) is 9.77 Å². The number of sulfone groups is 1. The number of thiophene rings is 1. The molecule has 0 radical (unpaired) electrons. The van der Waals surface area contributed by atoms with E-state index in [9.17, 15) is 23.1 Å². The van der Waals surface area contributed by atoms with E-state index in [-0.39, 0.29) is 27.5 Å². The van der Waals surface area contributed by atoms with Gasteiger partial charge in [0.25, 0.3) is 5.91 Å². The number of amides is 1. The van der Waals surface area contributed by atoms with E-state index in [1.54, 1.807) is 0 Å². The van der Waals surface area contributed by atoms with Gasteiger partial charge in [-0.25, -0.2) is 13.2 Å². The summed E-state index contributed by atoms with van der Waals surface area (Å²) in [4.78, 5) is 26.0. The molecule has 2 fully saturated rings. The molecule has 0 bridgehead atoms. The van der Waals surface area contributed by atoms with Gasteiger partial charge in [0, 0.05) is 18.2 Å². The van der Waals surface area contributed by atoms with Gasteiger partial charge in [-0.3, -0.25) is 4.79 Å². The molecule has 0 aromatic carbocycles. The second-order valence-corrected chi connectivity index (χ2v) is 8.94. The topological polar surface area (TPSA) is 91.8 Å². The summed E-state index contributed by atoms with van der Waals surface area (Å²) in [5, 5.41) is 10.9. The number of fused-ring (bicyclic) bond motifs is 1. The molecular formula is C14H17NO5S2. The lowest BCUT2D eigenvalue weighted by molar-refractivity contribution is -0.142. The molecule has 3 atom stereocenters. The summed E-state index contributed by atoms with van der Waals surface area (Å²) in [7, 11) is -3.36. The predicted octanol–water partition coefficient (Wildman–Crippen LogP) is 1.48. The number of likely N-dealkylation sites (tertiary alicyclic amines) is 1. The third kappa shape index (κ3) is 2.54. The van der Waals surface area contributed by atoms with E-state index in [2.05, 4.69) is 0 Å². The predicted molar refractivity (Wildman–Crippen MR) is 80.7 cm³/mol. The fourth-order valence-electron chi connectivity index (χ4n) is 3.60. The van der Waals surface area contributed by atoms with Gasteiger partial charge in [0.2, 0.25) is 0 Å². The van der Waals surface area contributed by atoms with E-state index in [1.165, 1.54) is 16.3 Å². The Hall–Kier alpha value is -1.41. The molecule has 0 spiro atoms. The van der Waals surface area contributed by atoms with E-state index >= 15 is 0 Å². The molecule has 1 aromatic rings. The first-order valence-electron chi connectivity index (χ1n) is 7.11. The van der Waals surface area contributed by atoms with Gasteiger partial charge in [-0.15, -0.1) is 11.3 Å². The molecule has 1 aliphatic heterocycles. The number of carbonyl (C=O) groups is 2. The zero-order valence-electron chi connectivity index (χ0n) is 12.1. The van der Waals surface area contributed by atoms with E-state index in [4.69, 9.17) is 0 Å². The van der Waals surface area contributed by atoms with Crippen molar-refractivity contribution in [3.63, 3.8) is 0 Å². The number of rotatable bonds is 3. The second-order valence-electron chi connectivity index (χ2n) is 6.01. The van der Waals surface area contributed by atoms with Crippen molar-refractivity contribution in [3.05, 3.63) is 16.3 Å². The number of nitrogens with zero attached hydrogens (tertiary/aromatic N) is 1. The molecular weight excluding hydrogens is 326 g/mol. The largest absolute Gasteiger partial charge is 0.480 e. The zero-order chi connectivity index (χ0) is 16.1. The molecule has 120 valence electrons. The fraction of sp³-hybridized carbons (Fsp3) is 0.571. The minimum Gasteiger partial charge on any atom is -0.480 e. The van der Waals surface area contributed by atoms with Crippen LogP contribution in [0, 0.1) is 11.8 Å². The molecule has 3 rings (SSSR count). The Balaban J connectivity index is 1.88. The number of carboxylic acids is 1. The lowest BCUT2D eigenvalue weighted by Crippen LogP contribution is -2.43. The summed E-state index contributed by atoms with van der Waals surface area (Å²) < 4.78 is 23.0. The van der Waals surface area contributed by atoms with Crippen LogP contribution < -0.4 is 0 Å². The van der Waals surface area contributed by atoms with Crippen molar-refractivity contribution in [1.29, 1.82) is 0 Å². The number of hydrogen-bond acceptors (Lipinski definition) is 5. The Bertz CT molecular complexity index is 723. The van der Waals surface area contributed by atoms with Crippen LogP contribution in [0.1, 0.15) is 28.9 Å². The number of carbonyl (C=O) groups excluding carboxylic acids is 1. The van der Waals surface area contributed by atoms with Crippen LogP contribution in [0.3, 0.4) is 0 Å². The Morgan fingerprint density at radius 3 is 2.68 bits per heavy atom. The lowest BCUT2D eigenvalue weighted by atomic mass is 9.94. The SMILES string of the molecule is CS(=O)(=O)c1csc(C(=O)N2CC3CCCC3C2C(=O)O)c1. The van der Waals surface area contributed by atoms with Crippen LogP contribution in [0.15, 0.2) is 16.3 Å². The molecule has 1 saturated heterocycles. The number of hydrogen-bond donors (Lipinski definition) is 1. The highest BCUT2D eigenvalue weighted by atomic mass is 32.2. The van der Waals surface area contributed by atoms with Crippen molar-refractivity contribution in [2.45, 2.75) is 30.2 Å². The Morgan fingerprint density at radius 2 is 2.09 bits per heavy atom. The van der Waals surface area contributed by atoms with Crippen molar-refractivity contribution in [2.75, 3.05) is 12.8 Å². The van der Waals surface area contributed by atoms with Crippen LogP contribution >= 0.6 is 11.3 Å². The normalized spacial score (nSPS) is 27.9. The molecule has 1 N–H and O–H groups in total. The van der Waals surface area contributed by atoms with Gasteiger partial charge in [0.15, 0.2) is 9.84 Å². The lowest BCUT2D eigenvalue weighted by Gasteiger charge is -2.23. The van der Waals surface area contributed by atoms with Gasteiger partial charge >= 0.3 is 5.97 Å². The van der Waals surface area contributed by atoms with Crippen molar-refractivity contribution in [3.8, 4) is 0 Å². The highest BCUT2D eigenvalue weighted by Crippen LogP contribution is 2.43.